The van der Waals surface area contributed by atoms with Crippen LogP contribution in [0.15, 0.2) is 59.8 Å². The van der Waals surface area contributed by atoms with E-state index in [-0.39, 0.29) is 17.5 Å². The Balaban J connectivity index is 1.61. The summed E-state index contributed by atoms with van der Waals surface area (Å²) < 4.78 is 33.7. The molecule has 1 atom stereocenters. The van der Waals surface area contributed by atoms with Crippen LogP contribution in [0.4, 0.5) is 0 Å². The van der Waals surface area contributed by atoms with E-state index in [2.05, 4.69) is 15.2 Å². The molecule has 4 rings (SSSR count). The number of fused-ring (bicyclic) bond motifs is 1. The van der Waals surface area contributed by atoms with Gasteiger partial charge in [0.1, 0.15) is 11.0 Å². The van der Waals surface area contributed by atoms with Gasteiger partial charge in [0.2, 0.25) is 15.9 Å². The maximum absolute atomic E-state index is 13.2. The molecule has 0 bridgehead atoms. The molecule has 1 saturated heterocycles. The highest BCUT2D eigenvalue weighted by atomic mass is 32.2. The summed E-state index contributed by atoms with van der Waals surface area (Å²) in [6.45, 7) is 0.744. The van der Waals surface area contributed by atoms with Gasteiger partial charge in [0.15, 0.2) is 0 Å². The first-order valence-corrected chi connectivity index (χ1v) is 9.87. The summed E-state index contributed by atoms with van der Waals surface area (Å²) in [5, 5.41) is 8.50. The van der Waals surface area contributed by atoms with E-state index >= 15 is 0 Å². The number of nitrogens with zero attached hydrogens (tertiary/aromatic N) is 4. The highest BCUT2D eigenvalue weighted by molar-refractivity contribution is 7.89. The average molecular weight is 370 g/mol. The van der Waals surface area contributed by atoms with E-state index in [1.807, 2.05) is 12.1 Å². The fourth-order valence-corrected chi connectivity index (χ4v) is 4.84. The van der Waals surface area contributed by atoms with Gasteiger partial charge in [-0.05, 0) is 31.0 Å². The minimum Gasteiger partial charge on any atom is -0.472 e. The monoisotopic (exact) mass is 370 g/mol. The Morgan fingerprint density at radius 3 is 2.77 bits per heavy atom. The second kappa shape index (κ2) is 6.97. The first-order valence-electron chi connectivity index (χ1n) is 8.43. The summed E-state index contributed by atoms with van der Waals surface area (Å²) in [6.07, 6.45) is 4.42. The van der Waals surface area contributed by atoms with Gasteiger partial charge < -0.3 is 4.74 Å². The fraction of sp³-hybridized carbons (Fsp3) is 0.278. The lowest BCUT2D eigenvalue weighted by molar-refractivity contribution is 0.123. The smallest absolute Gasteiger partial charge is 0.245 e. The van der Waals surface area contributed by atoms with Crippen LogP contribution in [0, 0.1) is 0 Å². The number of pyridine rings is 1. The van der Waals surface area contributed by atoms with Crippen LogP contribution >= 0.6 is 0 Å². The lowest BCUT2D eigenvalue weighted by Gasteiger charge is -2.31. The van der Waals surface area contributed by atoms with Crippen LogP contribution in [0.25, 0.3) is 10.9 Å². The van der Waals surface area contributed by atoms with Gasteiger partial charge in [0.05, 0.1) is 12.1 Å². The molecule has 0 saturated carbocycles. The number of para-hydroxylation sites is 1. The van der Waals surface area contributed by atoms with Gasteiger partial charge in [-0.1, -0.05) is 18.2 Å². The quantitative estimate of drug-likeness (QED) is 0.700. The SMILES string of the molecule is O=S(=O)(c1cccc2cccnc12)N1CCC[C@@H](Oc2cccnn2)C1. The molecular formula is C18H18N4O3S. The second-order valence-corrected chi connectivity index (χ2v) is 8.04. The van der Waals surface area contributed by atoms with Crippen molar-refractivity contribution in [2.45, 2.75) is 23.8 Å². The van der Waals surface area contributed by atoms with Crippen LogP contribution in [0.3, 0.4) is 0 Å². The van der Waals surface area contributed by atoms with E-state index < -0.39 is 10.0 Å². The number of benzene rings is 1. The molecule has 134 valence electrons. The zero-order valence-electron chi connectivity index (χ0n) is 14.0. The van der Waals surface area contributed by atoms with Gasteiger partial charge >= 0.3 is 0 Å². The van der Waals surface area contributed by atoms with E-state index in [9.17, 15) is 8.42 Å². The highest BCUT2D eigenvalue weighted by Crippen LogP contribution is 2.27. The molecule has 0 spiro atoms. The van der Waals surface area contributed by atoms with Gasteiger partial charge in [-0.3, -0.25) is 4.98 Å². The summed E-state index contributed by atoms with van der Waals surface area (Å²) in [5.74, 6) is 0.406. The van der Waals surface area contributed by atoms with Crippen molar-refractivity contribution >= 4 is 20.9 Å². The summed E-state index contributed by atoms with van der Waals surface area (Å²) in [7, 11) is -3.66. The molecule has 7 nitrogen and oxygen atoms in total. The van der Waals surface area contributed by atoms with Crippen molar-refractivity contribution in [3.05, 3.63) is 54.9 Å². The lowest BCUT2D eigenvalue weighted by atomic mass is 10.1. The number of hydrogen-bond acceptors (Lipinski definition) is 6. The summed E-state index contributed by atoms with van der Waals surface area (Å²) in [5.41, 5.74) is 0.493. The third kappa shape index (κ3) is 3.25. The number of ether oxygens (including phenoxy) is 1. The Hall–Kier alpha value is -2.58. The molecule has 3 heterocycles. The van der Waals surface area contributed by atoms with Crippen molar-refractivity contribution in [1.29, 1.82) is 0 Å². The Bertz CT molecular complexity index is 1010. The van der Waals surface area contributed by atoms with E-state index in [0.717, 1.165) is 18.2 Å². The van der Waals surface area contributed by atoms with Gasteiger partial charge in [-0.2, -0.15) is 9.40 Å². The van der Waals surface area contributed by atoms with Crippen molar-refractivity contribution in [2.75, 3.05) is 13.1 Å². The van der Waals surface area contributed by atoms with Crippen LogP contribution in [-0.4, -0.2) is 47.1 Å². The Morgan fingerprint density at radius 1 is 1.08 bits per heavy atom. The molecule has 0 radical (unpaired) electrons. The van der Waals surface area contributed by atoms with Crippen molar-refractivity contribution in [3.8, 4) is 5.88 Å². The number of aromatic nitrogens is 3. The highest BCUT2D eigenvalue weighted by Gasteiger charge is 2.32. The van der Waals surface area contributed by atoms with Gasteiger partial charge in [0, 0.05) is 30.4 Å². The van der Waals surface area contributed by atoms with E-state index in [1.165, 1.54) is 4.31 Å². The predicted molar refractivity (Wildman–Crippen MR) is 96.2 cm³/mol. The molecule has 0 unspecified atom stereocenters. The molecule has 2 aromatic heterocycles. The van der Waals surface area contributed by atoms with Gasteiger partial charge in [0.25, 0.3) is 0 Å². The Kier molecular flexibility index (Phi) is 4.52. The van der Waals surface area contributed by atoms with Gasteiger partial charge in [-0.25, -0.2) is 8.42 Å². The third-order valence-corrected chi connectivity index (χ3v) is 6.29. The summed E-state index contributed by atoms with van der Waals surface area (Å²) >= 11 is 0. The average Bonchev–Trinajstić information content (AvgIpc) is 2.68. The maximum atomic E-state index is 13.2. The molecule has 0 amide bonds. The minimum absolute atomic E-state index is 0.232. The summed E-state index contributed by atoms with van der Waals surface area (Å²) in [6, 6.07) is 12.3. The number of piperidine rings is 1. The van der Waals surface area contributed by atoms with E-state index in [0.29, 0.717) is 17.9 Å². The zero-order chi connectivity index (χ0) is 18.0. The molecule has 26 heavy (non-hydrogen) atoms. The second-order valence-electron chi connectivity index (χ2n) is 6.14. The first-order chi connectivity index (χ1) is 12.6. The molecule has 8 heteroatoms. The molecule has 1 fully saturated rings. The lowest BCUT2D eigenvalue weighted by Crippen LogP contribution is -2.44. The molecule has 3 aromatic rings. The van der Waals surface area contributed by atoms with Crippen LogP contribution in [0.1, 0.15) is 12.8 Å². The number of hydrogen-bond donors (Lipinski definition) is 0. The standard InChI is InChI=1S/C18H18N4O3S/c23-26(24,16-8-1-5-14-6-2-10-19-18(14)16)22-12-4-7-15(13-22)25-17-9-3-11-20-21-17/h1-3,5-6,8-11,15H,4,7,12-13H2/t15-/m1/s1. The molecular weight excluding hydrogens is 352 g/mol. The Labute approximate surface area is 151 Å². The zero-order valence-corrected chi connectivity index (χ0v) is 14.8. The van der Waals surface area contributed by atoms with Crippen molar-refractivity contribution in [3.63, 3.8) is 0 Å². The van der Waals surface area contributed by atoms with Crippen molar-refractivity contribution in [2.24, 2.45) is 0 Å². The van der Waals surface area contributed by atoms with Gasteiger partial charge in [-0.15, -0.1) is 5.10 Å². The topological polar surface area (TPSA) is 85.3 Å². The molecule has 1 aromatic carbocycles. The van der Waals surface area contributed by atoms with Crippen LogP contribution in [0.2, 0.25) is 0 Å². The van der Waals surface area contributed by atoms with Crippen LogP contribution in [0.5, 0.6) is 5.88 Å². The summed E-state index contributed by atoms with van der Waals surface area (Å²) in [4.78, 5) is 4.51. The maximum Gasteiger partial charge on any atom is 0.245 e. The normalized spacial score (nSPS) is 18.7. The number of rotatable bonds is 4. The first kappa shape index (κ1) is 16.9. The molecule has 0 aliphatic carbocycles. The van der Waals surface area contributed by atoms with Crippen molar-refractivity contribution in [1.82, 2.24) is 19.5 Å². The minimum atomic E-state index is -3.66. The van der Waals surface area contributed by atoms with Crippen LogP contribution < -0.4 is 4.74 Å². The molecule has 0 N–H and O–H groups in total. The molecule has 1 aliphatic heterocycles. The predicted octanol–water partition coefficient (Wildman–Crippen LogP) is 2.26. The Morgan fingerprint density at radius 2 is 1.92 bits per heavy atom. The van der Waals surface area contributed by atoms with Crippen LogP contribution in [-0.2, 0) is 10.0 Å². The number of sulfonamides is 1. The largest absolute Gasteiger partial charge is 0.472 e. The third-order valence-electron chi connectivity index (χ3n) is 4.39. The van der Waals surface area contributed by atoms with E-state index in [4.69, 9.17) is 4.74 Å². The fourth-order valence-electron chi connectivity index (χ4n) is 3.16. The van der Waals surface area contributed by atoms with E-state index in [1.54, 1.807) is 42.7 Å². The molecule has 1 aliphatic rings. The van der Waals surface area contributed by atoms with Crippen molar-refractivity contribution < 1.29 is 13.2 Å².